The third kappa shape index (κ3) is 3.63. The van der Waals surface area contributed by atoms with Gasteiger partial charge in [0.05, 0.1) is 30.3 Å². The third-order valence-electron chi connectivity index (χ3n) is 5.29. The summed E-state index contributed by atoms with van der Waals surface area (Å²) < 4.78 is 4.81. The normalized spacial score (nSPS) is 16.8. The average Bonchev–Trinajstić information content (AvgIpc) is 3.24. The van der Waals surface area contributed by atoms with Gasteiger partial charge in [-0.15, -0.1) is 0 Å². The number of benzene rings is 1. The minimum atomic E-state index is -0.350. The number of aryl methyl sites for hydroxylation is 1. The maximum absolute atomic E-state index is 11.8. The van der Waals surface area contributed by atoms with Gasteiger partial charge < -0.3 is 14.6 Å². The zero-order valence-corrected chi connectivity index (χ0v) is 16.2. The smallest absolute Gasteiger partial charge is 0.339 e. The Labute approximate surface area is 164 Å². The number of H-pyrrole nitrogens is 1. The molecule has 4 rings (SSSR count). The van der Waals surface area contributed by atoms with E-state index in [1.807, 2.05) is 37.4 Å². The van der Waals surface area contributed by atoms with E-state index in [1.54, 1.807) is 6.07 Å². The Balaban J connectivity index is 1.51. The standard InChI is InChI=1S/C22H24N4O2/c1-15-18(22(27)28-2)10-11-20(24-15)26-12-6-9-17(14-26)21-23-13-19(25-21)16-7-4-3-5-8-16/h3-5,7-8,10-11,13,17H,6,9,12,14H2,1-2H3,(H,23,25). The third-order valence-corrected chi connectivity index (χ3v) is 5.29. The quantitative estimate of drug-likeness (QED) is 0.698. The second-order valence-electron chi connectivity index (χ2n) is 7.13. The number of methoxy groups -OCH3 is 1. The van der Waals surface area contributed by atoms with E-state index in [2.05, 4.69) is 32.0 Å². The number of ether oxygens (including phenoxy) is 1. The molecule has 3 aromatic rings. The first-order chi connectivity index (χ1) is 13.7. The van der Waals surface area contributed by atoms with Crippen LogP contribution < -0.4 is 4.90 Å². The Morgan fingerprint density at radius 3 is 2.79 bits per heavy atom. The Hall–Kier alpha value is -3.15. The minimum absolute atomic E-state index is 0.327. The molecule has 1 aliphatic rings. The van der Waals surface area contributed by atoms with Crippen LogP contribution in [0.4, 0.5) is 5.82 Å². The molecule has 144 valence electrons. The number of rotatable bonds is 4. The number of carbonyl (C=O) groups excluding carboxylic acids is 1. The maximum atomic E-state index is 11.8. The van der Waals surface area contributed by atoms with Gasteiger partial charge in [-0.05, 0) is 37.5 Å². The van der Waals surface area contributed by atoms with Crippen molar-refractivity contribution in [1.82, 2.24) is 15.0 Å². The number of hydrogen-bond acceptors (Lipinski definition) is 5. The van der Waals surface area contributed by atoms with Crippen LogP contribution in [0.2, 0.25) is 0 Å². The first-order valence-electron chi connectivity index (χ1n) is 9.57. The number of pyridine rings is 1. The fourth-order valence-electron chi connectivity index (χ4n) is 3.77. The summed E-state index contributed by atoms with van der Waals surface area (Å²) in [5.74, 6) is 1.89. The van der Waals surface area contributed by atoms with Crippen LogP contribution in [0.5, 0.6) is 0 Å². The van der Waals surface area contributed by atoms with Gasteiger partial charge in [-0.2, -0.15) is 0 Å². The molecule has 1 aliphatic heterocycles. The molecule has 0 aliphatic carbocycles. The van der Waals surface area contributed by atoms with E-state index in [0.717, 1.165) is 48.8 Å². The summed E-state index contributed by atoms with van der Waals surface area (Å²) in [7, 11) is 1.39. The monoisotopic (exact) mass is 376 g/mol. The van der Waals surface area contributed by atoms with E-state index in [-0.39, 0.29) is 5.97 Å². The minimum Gasteiger partial charge on any atom is -0.465 e. The van der Waals surface area contributed by atoms with E-state index in [0.29, 0.717) is 17.2 Å². The number of nitrogens with one attached hydrogen (secondary N) is 1. The van der Waals surface area contributed by atoms with Crippen LogP contribution in [-0.4, -0.2) is 41.1 Å². The highest BCUT2D eigenvalue weighted by molar-refractivity contribution is 5.90. The summed E-state index contributed by atoms with van der Waals surface area (Å²) in [4.78, 5) is 26.8. The molecule has 0 spiro atoms. The number of aromatic amines is 1. The van der Waals surface area contributed by atoms with Crippen molar-refractivity contribution in [3.63, 3.8) is 0 Å². The van der Waals surface area contributed by atoms with Crippen molar-refractivity contribution in [2.75, 3.05) is 25.1 Å². The lowest BCUT2D eigenvalue weighted by molar-refractivity contribution is 0.0599. The lowest BCUT2D eigenvalue weighted by Crippen LogP contribution is -2.35. The molecule has 1 N–H and O–H groups in total. The number of piperidine rings is 1. The highest BCUT2D eigenvalue weighted by Crippen LogP contribution is 2.29. The number of carbonyl (C=O) groups is 1. The van der Waals surface area contributed by atoms with Gasteiger partial charge in [0.15, 0.2) is 0 Å². The van der Waals surface area contributed by atoms with Gasteiger partial charge in [0.25, 0.3) is 0 Å². The van der Waals surface area contributed by atoms with Crippen molar-refractivity contribution in [1.29, 1.82) is 0 Å². The fraction of sp³-hybridized carbons (Fsp3) is 0.318. The van der Waals surface area contributed by atoms with Crippen LogP contribution in [-0.2, 0) is 4.74 Å². The molecule has 1 fully saturated rings. The lowest BCUT2D eigenvalue weighted by atomic mass is 9.97. The molecule has 1 aromatic carbocycles. The highest BCUT2D eigenvalue weighted by Gasteiger charge is 2.25. The van der Waals surface area contributed by atoms with Crippen LogP contribution in [0, 0.1) is 6.92 Å². The predicted octanol–water partition coefficient (Wildman–Crippen LogP) is 3.95. The number of hydrogen-bond donors (Lipinski definition) is 1. The zero-order chi connectivity index (χ0) is 19.5. The van der Waals surface area contributed by atoms with Crippen LogP contribution in [0.25, 0.3) is 11.3 Å². The van der Waals surface area contributed by atoms with Crippen molar-refractivity contribution in [3.05, 3.63) is 65.7 Å². The average molecular weight is 376 g/mol. The first kappa shape index (κ1) is 18.2. The van der Waals surface area contributed by atoms with E-state index in [9.17, 15) is 4.79 Å². The van der Waals surface area contributed by atoms with Gasteiger partial charge in [0, 0.05) is 19.0 Å². The van der Waals surface area contributed by atoms with E-state index >= 15 is 0 Å². The van der Waals surface area contributed by atoms with Crippen molar-refractivity contribution in [2.24, 2.45) is 0 Å². The van der Waals surface area contributed by atoms with Crippen molar-refractivity contribution in [2.45, 2.75) is 25.7 Å². The topological polar surface area (TPSA) is 71.1 Å². The summed E-state index contributed by atoms with van der Waals surface area (Å²) in [6.45, 7) is 3.65. The number of aromatic nitrogens is 3. The van der Waals surface area contributed by atoms with Gasteiger partial charge >= 0.3 is 5.97 Å². The molecule has 28 heavy (non-hydrogen) atoms. The molecule has 0 saturated carbocycles. The van der Waals surface area contributed by atoms with E-state index in [4.69, 9.17) is 4.74 Å². The number of nitrogens with zero attached hydrogens (tertiary/aromatic N) is 3. The van der Waals surface area contributed by atoms with Crippen LogP contribution in [0.15, 0.2) is 48.7 Å². The van der Waals surface area contributed by atoms with Crippen LogP contribution in [0.1, 0.15) is 40.6 Å². The molecular formula is C22H24N4O2. The summed E-state index contributed by atoms with van der Waals surface area (Å²) in [6, 6.07) is 13.9. The second kappa shape index (κ2) is 7.84. The van der Waals surface area contributed by atoms with Crippen LogP contribution >= 0.6 is 0 Å². The Kier molecular flexibility index (Phi) is 5.10. The molecule has 0 radical (unpaired) electrons. The van der Waals surface area contributed by atoms with Gasteiger partial charge in [0.2, 0.25) is 0 Å². The number of imidazole rings is 1. The molecule has 2 aromatic heterocycles. The molecule has 0 bridgehead atoms. The SMILES string of the molecule is COC(=O)c1ccc(N2CCCC(c3ncc(-c4ccccc4)[nH]3)C2)nc1C. The summed E-state index contributed by atoms with van der Waals surface area (Å²) in [6.07, 6.45) is 4.08. The predicted molar refractivity (Wildman–Crippen MR) is 109 cm³/mol. The van der Waals surface area contributed by atoms with Gasteiger partial charge in [-0.1, -0.05) is 30.3 Å². The number of anilines is 1. The second-order valence-corrected chi connectivity index (χ2v) is 7.13. The van der Waals surface area contributed by atoms with E-state index < -0.39 is 0 Å². The molecule has 6 nitrogen and oxygen atoms in total. The first-order valence-corrected chi connectivity index (χ1v) is 9.57. The lowest BCUT2D eigenvalue weighted by Gasteiger charge is -2.33. The maximum Gasteiger partial charge on any atom is 0.339 e. The van der Waals surface area contributed by atoms with Gasteiger partial charge in [-0.3, -0.25) is 0 Å². The highest BCUT2D eigenvalue weighted by atomic mass is 16.5. The zero-order valence-electron chi connectivity index (χ0n) is 16.2. The Morgan fingerprint density at radius 1 is 1.21 bits per heavy atom. The molecule has 0 amide bonds. The van der Waals surface area contributed by atoms with Gasteiger partial charge in [0.1, 0.15) is 11.6 Å². The summed E-state index contributed by atoms with van der Waals surface area (Å²) in [5, 5.41) is 0. The Bertz CT molecular complexity index is 968. The molecule has 1 saturated heterocycles. The molecule has 1 unspecified atom stereocenters. The van der Waals surface area contributed by atoms with E-state index in [1.165, 1.54) is 7.11 Å². The van der Waals surface area contributed by atoms with Gasteiger partial charge in [-0.25, -0.2) is 14.8 Å². The molecule has 1 atom stereocenters. The summed E-state index contributed by atoms with van der Waals surface area (Å²) >= 11 is 0. The Morgan fingerprint density at radius 2 is 2.04 bits per heavy atom. The molecule has 6 heteroatoms. The largest absolute Gasteiger partial charge is 0.465 e. The van der Waals surface area contributed by atoms with Crippen molar-refractivity contribution >= 4 is 11.8 Å². The molecular weight excluding hydrogens is 352 g/mol. The fourth-order valence-corrected chi connectivity index (χ4v) is 3.77. The van der Waals surface area contributed by atoms with Crippen LogP contribution in [0.3, 0.4) is 0 Å². The van der Waals surface area contributed by atoms with Crippen molar-refractivity contribution < 1.29 is 9.53 Å². The molecule has 3 heterocycles. The summed E-state index contributed by atoms with van der Waals surface area (Å²) in [5.41, 5.74) is 3.39. The number of esters is 1. The van der Waals surface area contributed by atoms with Crippen molar-refractivity contribution in [3.8, 4) is 11.3 Å².